The Morgan fingerprint density at radius 3 is 1.89 bits per heavy atom. The molecule has 3 N–H and O–H groups in total. The van der Waals surface area contributed by atoms with Gasteiger partial charge in [-0.25, -0.2) is 0 Å². The molecule has 2 atom stereocenters. The maximum atomic E-state index is 12.8. The lowest BCUT2D eigenvalue weighted by atomic mass is 9.97. The molecule has 0 aliphatic rings. The quantitative estimate of drug-likeness (QED) is 0.227. The molecule has 0 bridgehead atoms. The number of aliphatic hydroxyl groups excluding tert-OH is 1. The molecule has 0 saturated heterocycles. The lowest BCUT2D eigenvalue weighted by Crippen LogP contribution is -2.53. The van der Waals surface area contributed by atoms with Crippen molar-refractivity contribution in [1.82, 2.24) is 15.5 Å². The van der Waals surface area contributed by atoms with Crippen molar-refractivity contribution >= 4 is 40.7 Å². The first-order valence-corrected chi connectivity index (χ1v) is 14.3. The zero-order valence-corrected chi connectivity index (χ0v) is 29.2. The van der Waals surface area contributed by atoms with Gasteiger partial charge in [-0.15, -0.1) is 17.0 Å². The number of likely N-dealkylation sites (N-methyl/N-ethyl adjacent to an activating group) is 1. The van der Waals surface area contributed by atoms with Crippen molar-refractivity contribution in [1.29, 1.82) is 0 Å². The van der Waals surface area contributed by atoms with Crippen molar-refractivity contribution < 1.29 is 33.8 Å². The number of rotatable bonds is 11. The lowest BCUT2D eigenvalue weighted by molar-refractivity contribution is -0.145. The number of hydrogen-bond acceptors (Lipinski definition) is 8. The molecule has 0 aliphatic heterocycles. The van der Waals surface area contributed by atoms with Crippen molar-refractivity contribution in [2.24, 2.45) is 10.8 Å². The maximum absolute atomic E-state index is 12.8. The molecule has 10 nitrogen and oxygen atoms in total. The predicted octanol–water partition coefficient (Wildman–Crippen LogP) is 4.85. The van der Waals surface area contributed by atoms with Crippen LogP contribution in [-0.2, 0) is 14.4 Å². The molecule has 0 fully saturated rings. The number of halogens is 1. The van der Waals surface area contributed by atoms with Crippen LogP contribution in [0, 0.1) is 10.8 Å². The minimum absolute atomic E-state index is 0. The second kappa shape index (κ2) is 15.6. The Morgan fingerprint density at radius 2 is 1.36 bits per heavy atom. The summed E-state index contributed by atoms with van der Waals surface area (Å²) in [6, 6.07) is 12.6. The molecular formula is C33H48BrN3O7. The number of carbonyl (C=O) groups excluding carboxylic acids is 4. The van der Waals surface area contributed by atoms with Crippen LogP contribution in [0.5, 0.6) is 11.5 Å². The first-order valence-electron chi connectivity index (χ1n) is 14.3. The van der Waals surface area contributed by atoms with Crippen LogP contribution in [0.3, 0.4) is 0 Å². The molecule has 0 aromatic heterocycles. The summed E-state index contributed by atoms with van der Waals surface area (Å²) in [6.07, 6.45) is -1.01. The fourth-order valence-corrected chi connectivity index (χ4v) is 3.55. The third-order valence-electron chi connectivity index (χ3n) is 6.76. The first kappa shape index (κ1) is 38.7. The van der Waals surface area contributed by atoms with Crippen LogP contribution in [0.1, 0.15) is 84.3 Å². The molecule has 2 aromatic rings. The van der Waals surface area contributed by atoms with Crippen molar-refractivity contribution in [2.75, 3.05) is 20.1 Å². The molecule has 11 heteroatoms. The number of β-amino-alcohol motifs (C(OH)–C–C–N with tert-alkyl or cyclic N) is 1. The van der Waals surface area contributed by atoms with Crippen LogP contribution in [0.4, 0.5) is 0 Å². The highest BCUT2D eigenvalue weighted by Crippen LogP contribution is 2.34. The van der Waals surface area contributed by atoms with Crippen LogP contribution in [0.15, 0.2) is 48.5 Å². The highest BCUT2D eigenvalue weighted by molar-refractivity contribution is 8.93. The third kappa shape index (κ3) is 11.3. The molecule has 0 spiro atoms. The molecule has 0 saturated carbocycles. The first-order chi connectivity index (χ1) is 19.7. The second-order valence-electron chi connectivity index (χ2n) is 13.4. The Balaban J connectivity index is 0.00000968. The number of nitrogens with one attached hydrogen (secondary N) is 2. The molecule has 244 valence electrons. The highest BCUT2D eigenvalue weighted by Gasteiger charge is 2.30. The number of nitrogens with zero attached hydrogens (tertiary/aromatic N) is 1. The average Bonchev–Trinajstić information content (AvgIpc) is 2.93. The highest BCUT2D eigenvalue weighted by atomic mass is 79.9. The summed E-state index contributed by atoms with van der Waals surface area (Å²) in [7, 11) is 1.59. The zero-order chi connectivity index (χ0) is 32.8. The second-order valence-corrected chi connectivity index (χ2v) is 13.4. The van der Waals surface area contributed by atoms with Gasteiger partial charge < -0.3 is 30.1 Å². The van der Waals surface area contributed by atoms with E-state index in [9.17, 15) is 24.3 Å². The molecule has 0 radical (unpaired) electrons. The van der Waals surface area contributed by atoms with Crippen molar-refractivity contribution in [2.45, 2.75) is 80.0 Å². The summed E-state index contributed by atoms with van der Waals surface area (Å²) in [4.78, 5) is 52.1. The van der Waals surface area contributed by atoms with Crippen molar-refractivity contribution in [3.63, 3.8) is 0 Å². The van der Waals surface area contributed by atoms with Crippen LogP contribution >= 0.6 is 17.0 Å². The van der Waals surface area contributed by atoms with Gasteiger partial charge in [0.25, 0.3) is 5.91 Å². The van der Waals surface area contributed by atoms with Gasteiger partial charge in [0.1, 0.15) is 6.04 Å². The monoisotopic (exact) mass is 677 g/mol. The van der Waals surface area contributed by atoms with Gasteiger partial charge in [-0.2, -0.15) is 0 Å². The number of esters is 2. The Bertz CT molecular complexity index is 1300. The predicted molar refractivity (Wildman–Crippen MR) is 175 cm³/mol. The van der Waals surface area contributed by atoms with E-state index in [2.05, 4.69) is 10.6 Å². The fourth-order valence-electron chi connectivity index (χ4n) is 3.55. The van der Waals surface area contributed by atoms with Crippen LogP contribution in [0.25, 0.3) is 0 Å². The smallest absolute Gasteiger partial charge is 0.316 e. The van der Waals surface area contributed by atoms with E-state index in [4.69, 9.17) is 9.47 Å². The van der Waals surface area contributed by atoms with Gasteiger partial charge in [0, 0.05) is 31.2 Å². The van der Waals surface area contributed by atoms with Crippen LogP contribution in [-0.4, -0.2) is 65.5 Å². The lowest BCUT2D eigenvalue weighted by Gasteiger charge is -2.30. The molecule has 2 aromatic carbocycles. The van der Waals surface area contributed by atoms with E-state index in [0.717, 1.165) is 0 Å². The van der Waals surface area contributed by atoms with Crippen LogP contribution < -0.4 is 20.1 Å². The van der Waals surface area contributed by atoms with E-state index in [0.29, 0.717) is 11.1 Å². The summed E-state index contributed by atoms with van der Waals surface area (Å²) in [6.45, 7) is 16.0. The topological polar surface area (TPSA) is 134 Å². The molecule has 0 heterocycles. The molecule has 44 heavy (non-hydrogen) atoms. The van der Waals surface area contributed by atoms with Gasteiger partial charge in [0.05, 0.1) is 16.9 Å². The Kier molecular flexibility index (Phi) is 13.8. The molecule has 1 unspecified atom stereocenters. The molecular weight excluding hydrogens is 630 g/mol. The van der Waals surface area contributed by atoms with Gasteiger partial charge in [-0.3, -0.25) is 19.2 Å². The average molecular weight is 679 g/mol. The molecule has 2 amide bonds. The van der Waals surface area contributed by atoms with Crippen LogP contribution in [0.2, 0.25) is 0 Å². The van der Waals surface area contributed by atoms with Crippen molar-refractivity contribution in [3.8, 4) is 11.5 Å². The van der Waals surface area contributed by atoms with Gasteiger partial charge in [0.15, 0.2) is 11.5 Å². The Labute approximate surface area is 271 Å². The minimum Gasteiger partial charge on any atom is -0.422 e. The zero-order valence-electron chi connectivity index (χ0n) is 27.4. The number of ether oxygens (including phenoxy) is 2. The number of aliphatic hydroxyl groups is 1. The molecule has 2 rings (SSSR count). The number of carbonyl (C=O) groups is 4. The van der Waals surface area contributed by atoms with Gasteiger partial charge in [0.2, 0.25) is 5.91 Å². The van der Waals surface area contributed by atoms with Crippen molar-refractivity contribution in [3.05, 3.63) is 59.7 Å². The number of benzene rings is 2. The largest absolute Gasteiger partial charge is 0.422 e. The standard InChI is InChI=1S/C33H47N3O7.BrH/c1-21(36(10)28(39)22-14-12-11-13-15-22)27(38)34-20-33(8,9)35-19-24(37)23-16-17-25(42-29(40)31(2,3)4)26(18-23)43-30(41)32(5,6)7;/h11-18,21,24,35,37H,19-20H2,1-10H3,(H,34,38);1H/t21-,24?;/m0./s1. The summed E-state index contributed by atoms with van der Waals surface area (Å²) in [5.74, 6) is -1.47. The minimum atomic E-state index is -1.01. The third-order valence-corrected chi connectivity index (χ3v) is 6.76. The normalized spacial score (nSPS) is 13.2. The summed E-state index contributed by atoms with van der Waals surface area (Å²) in [5, 5.41) is 17.1. The Morgan fingerprint density at radius 1 is 0.841 bits per heavy atom. The van der Waals surface area contributed by atoms with E-state index in [1.54, 1.807) is 85.8 Å². The fraction of sp³-hybridized carbons (Fsp3) is 0.515. The summed E-state index contributed by atoms with van der Waals surface area (Å²) >= 11 is 0. The van der Waals surface area contributed by atoms with Gasteiger partial charge >= 0.3 is 11.9 Å². The molecule has 0 aliphatic carbocycles. The number of amides is 2. The van der Waals surface area contributed by atoms with Gasteiger partial charge in [-0.1, -0.05) is 24.3 Å². The van der Waals surface area contributed by atoms with E-state index >= 15 is 0 Å². The van der Waals surface area contributed by atoms with Gasteiger partial charge in [-0.05, 0) is 92.1 Å². The summed E-state index contributed by atoms with van der Waals surface area (Å²) < 4.78 is 11.1. The van der Waals surface area contributed by atoms with E-state index in [-0.39, 0.29) is 53.4 Å². The van der Waals surface area contributed by atoms with E-state index < -0.39 is 40.5 Å². The maximum Gasteiger partial charge on any atom is 0.316 e. The Hall–Kier alpha value is -3.28. The SMILES string of the molecule is Br.C[C@@H](C(=O)NCC(C)(C)NCC(O)c1ccc(OC(=O)C(C)(C)C)c(OC(=O)C(C)(C)C)c1)N(C)C(=O)c1ccccc1. The summed E-state index contributed by atoms with van der Waals surface area (Å²) in [5.41, 5.74) is -1.27. The number of hydrogen-bond donors (Lipinski definition) is 3. The van der Waals surface area contributed by atoms with E-state index in [1.807, 2.05) is 19.9 Å². The van der Waals surface area contributed by atoms with E-state index in [1.165, 1.54) is 17.0 Å².